The van der Waals surface area contributed by atoms with E-state index in [1.807, 2.05) is 41.5 Å². The molecule has 1 aliphatic rings. The number of sulfonamides is 1. The number of rotatable bonds is 5. The number of nitrogens with one attached hydrogen (secondary N) is 1. The zero-order valence-electron chi connectivity index (χ0n) is 19.7. The third kappa shape index (κ3) is 5.89. The Morgan fingerprint density at radius 2 is 1.55 bits per heavy atom. The second-order valence-corrected chi connectivity index (χ2v) is 10.0. The van der Waals surface area contributed by atoms with Crippen LogP contribution < -0.4 is 14.9 Å². The molecule has 0 aromatic heterocycles. The summed E-state index contributed by atoms with van der Waals surface area (Å²) in [6, 6.07) is 8.40. The highest BCUT2D eigenvalue weighted by Crippen LogP contribution is 2.38. The van der Waals surface area contributed by atoms with Gasteiger partial charge in [-0.25, -0.2) is 13.1 Å². The monoisotopic (exact) mass is 487 g/mol. The van der Waals surface area contributed by atoms with Crippen LogP contribution in [0, 0.1) is 0 Å². The Morgan fingerprint density at radius 1 is 0.970 bits per heavy atom. The van der Waals surface area contributed by atoms with Gasteiger partial charge in [-0.05, 0) is 71.1 Å². The molecule has 11 heteroatoms. The summed E-state index contributed by atoms with van der Waals surface area (Å²) in [5, 5.41) is 0. The third-order valence-electron chi connectivity index (χ3n) is 5.46. The Hall–Kier alpha value is -2.08. The van der Waals surface area contributed by atoms with E-state index in [-0.39, 0.29) is 21.9 Å². The maximum Gasteiger partial charge on any atom is 0.498 e. The van der Waals surface area contributed by atoms with Gasteiger partial charge in [-0.1, -0.05) is 19.9 Å². The second-order valence-electron chi connectivity index (χ2n) is 8.12. The van der Waals surface area contributed by atoms with Crippen molar-refractivity contribution in [2.75, 3.05) is 7.05 Å². The molecule has 6 nitrogen and oxygen atoms in total. The topological polar surface area (TPSA) is 73.9 Å². The van der Waals surface area contributed by atoms with Crippen LogP contribution in [-0.4, -0.2) is 33.8 Å². The van der Waals surface area contributed by atoms with Crippen molar-refractivity contribution < 1.29 is 35.6 Å². The Bertz CT molecular complexity index is 1070. The molecule has 1 saturated heterocycles. The zero-order valence-corrected chi connectivity index (χ0v) is 20.5. The Labute approximate surface area is 193 Å². The minimum absolute atomic E-state index is 0.0585. The average molecular weight is 487 g/mol. The first-order chi connectivity index (χ1) is 15.2. The number of alkyl halides is 3. The lowest BCUT2D eigenvalue weighted by Crippen LogP contribution is -2.41. The van der Waals surface area contributed by atoms with Crippen molar-refractivity contribution in [2.24, 2.45) is 0 Å². The fraction of sp³-hybridized carbons (Fsp3) is 0.455. The largest absolute Gasteiger partial charge is 0.498 e. The molecular weight excluding hydrogens is 458 g/mol. The van der Waals surface area contributed by atoms with Gasteiger partial charge in [-0.3, -0.25) is 0 Å². The predicted octanol–water partition coefficient (Wildman–Crippen LogP) is 4.73. The van der Waals surface area contributed by atoms with Crippen LogP contribution in [0.15, 0.2) is 47.4 Å². The van der Waals surface area contributed by atoms with Crippen molar-refractivity contribution in [2.45, 2.75) is 63.8 Å². The van der Waals surface area contributed by atoms with E-state index in [1.54, 1.807) is 0 Å². The van der Waals surface area contributed by atoms with Crippen molar-refractivity contribution in [3.8, 4) is 11.5 Å². The molecule has 1 heterocycles. The van der Waals surface area contributed by atoms with E-state index in [9.17, 15) is 21.6 Å². The van der Waals surface area contributed by atoms with E-state index in [1.165, 1.54) is 37.4 Å². The molecule has 0 aliphatic carbocycles. The van der Waals surface area contributed by atoms with Gasteiger partial charge in [0.15, 0.2) is 0 Å². The van der Waals surface area contributed by atoms with E-state index in [0.29, 0.717) is 0 Å². The summed E-state index contributed by atoms with van der Waals surface area (Å²) >= 11 is 0. The molecule has 3 rings (SSSR count). The van der Waals surface area contributed by atoms with Gasteiger partial charge in [-0.15, -0.1) is 0 Å². The highest BCUT2D eigenvalue weighted by atomic mass is 32.2. The van der Waals surface area contributed by atoms with Crippen LogP contribution in [0.1, 0.15) is 47.1 Å². The van der Waals surface area contributed by atoms with Crippen molar-refractivity contribution in [1.29, 1.82) is 0 Å². The molecule has 1 aliphatic heterocycles. The van der Waals surface area contributed by atoms with Crippen molar-refractivity contribution >= 4 is 22.6 Å². The van der Waals surface area contributed by atoms with Gasteiger partial charge in [0.25, 0.3) is 0 Å². The Balaban J connectivity index is 0.00000187. The summed E-state index contributed by atoms with van der Waals surface area (Å²) in [6.45, 7) is 11.3. The Morgan fingerprint density at radius 3 is 2.06 bits per heavy atom. The lowest BCUT2D eigenvalue weighted by molar-refractivity contribution is -0.137. The molecule has 0 atom stereocenters. The first kappa shape index (κ1) is 27.2. The Kier molecular flexibility index (Phi) is 7.95. The number of benzene rings is 2. The van der Waals surface area contributed by atoms with Crippen LogP contribution in [0.5, 0.6) is 11.5 Å². The molecule has 0 saturated carbocycles. The molecule has 0 unspecified atom stereocenters. The highest BCUT2D eigenvalue weighted by Gasteiger charge is 2.52. The van der Waals surface area contributed by atoms with Crippen molar-refractivity contribution in [3.63, 3.8) is 0 Å². The minimum atomic E-state index is -4.53. The number of hydrogen-bond acceptors (Lipinski definition) is 5. The van der Waals surface area contributed by atoms with Crippen LogP contribution in [0.4, 0.5) is 13.2 Å². The van der Waals surface area contributed by atoms with E-state index < -0.39 is 40.1 Å². The second kappa shape index (κ2) is 9.65. The van der Waals surface area contributed by atoms with Gasteiger partial charge in [-0.2, -0.15) is 13.2 Å². The van der Waals surface area contributed by atoms with Gasteiger partial charge >= 0.3 is 13.3 Å². The molecule has 0 bridgehead atoms. The van der Waals surface area contributed by atoms with E-state index >= 15 is 0 Å². The number of halogens is 3. The summed E-state index contributed by atoms with van der Waals surface area (Å²) in [5.74, 6) is 0.0599. The van der Waals surface area contributed by atoms with Crippen LogP contribution in [0.3, 0.4) is 0 Å². The van der Waals surface area contributed by atoms with Crippen LogP contribution >= 0.6 is 0 Å². The maximum absolute atomic E-state index is 13.1. The summed E-state index contributed by atoms with van der Waals surface area (Å²) in [4.78, 5) is -0.0592. The lowest BCUT2D eigenvalue weighted by Gasteiger charge is -2.32. The summed E-state index contributed by atoms with van der Waals surface area (Å²) in [6.07, 6.45) is -4.53. The van der Waals surface area contributed by atoms with Crippen molar-refractivity contribution in [3.05, 3.63) is 48.0 Å². The molecule has 33 heavy (non-hydrogen) atoms. The lowest BCUT2D eigenvalue weighted by atomic mass is 9.78. The van der Waals surface area contributed by atoms with Crippen LogP contribution in [0.25, 0.3) is 0 Å². The summed E-state index contributed by atoms with van der Waals surface area (Å²) in [5.41, 5.74) is -2.06. The fourth-order valence-electron chi connectivity index (χ4n) is 2.92. The van der Waals surface area contributed by atoms with E-state index in [2.05, 4.69) is 4.72 Å². The molecular formula is C22H29BF3NO5S. The molecule has 1 N–H and O–H groups in total. The molecule has 0 amide bonds. The maximum atomic E-state index is 13.1. The first-order valence-corrected chi connectivity index (χ1v) is 11.9. The summed E-state index contributed by atoms with van der Waals surface area (Å²) < 4.78 is 83.7. The molecule has 0 spiro atoms. The fourth-order valence-corrected chi connectivity index (χ4v) is 3.69. The quantitative estimate of drug-likeness (QED) is 0.618. The highest BCUT2D eigenvalue weighted by molar-refractivity contribution is 7.89. The van der Waals surface area contributed by atoms with Gasteiger partial charge in [0, 0.05) is 5.46 Å². The number of ether oxygens (including phenoxy) is 1. The average Bonchev–Trinajstić information content (AvgIpc) is 2.96. The molecule has 2 aromatic rings. The first-order valence-electron chi connectivity index (χ1n) is 10.4. The SMILES string of the molecule is CC.CNS(=O)(=O)c1ccc(Oc2cccc(C(F)(F)F)c2)c(B2OC(C)(C)C(C)(C)O2)c1. The van der Waals surface area contributed by atoms with E-state index in [0.717, 1.165) is 12.1 Å². The normalized spacial score (nSPS) is 17.3. The van der Waals surface area contributed by atoms with E-state index in [4.69, 9.17) is 14.0 Å². The molecule has 2 aromatic carbocycles. The van der Waals surface area contributed by atoms with Gasteiger partial charge in [0.2, 0.25) is 10.0 Å². The van der Waals surface area contributed by atoms with Crippen LogP contribution in [0.2, 0.25) is 0 Å². The molecule has 1 fully saturated rings. The molecule has 0 radical (unpaired) electrons. The van der Waals surface area contributed by atoms with Gasteiger partial charge in [0.05, 0.1) is 21.7 Å². The smallest absolute Gasteiger partial charge is 0.458 e. The zero-order chi connectivity index (χ0) is 25.2. The predicted molar refractivity (Wildman–Crippen MR) is 121 cm³/mol. The number of hydrogen-bond donors (Lipinski definition) is 1. The van der Waals surface area contributed by atoms with Crippen molar-refractivity contribution in [1.82, 2.24) is 4.72 Å². The van der Waals surface area contributed by atoms with Crippen LogP contribution in [-0.2, 0) is 25.5 Å². The van der Waals surface area contributed by atoms with Gasteiger partial charge < -0.3 is 14.0 Å². The summed E-state index contributed by atoms with van der Waals surface area (Å²) in [7, 11) is -3.50. The third-order valence-corrected chi connectivity index (χ3v) is 6.87. The molecule has 182 valence electrons. The minimum Gasteiger partial charge on any atom is -0.458 e. The standard InChI is InChI=1S/C20H23BF3NO5S.C2H6/c1-18(2)19(3,4)30-21(29-18)16-12-15(31(26,27)25-5)9-10-17(16)28-14-8-6-7-13(11-14)20(22,23)24;1-2/h6-12,25H,1-5H3;1-2H3. The van der Waals surface area contributed by atoms with Gasteiger partial charge in [0.1, 0.15) is 11.5 Å².